The summed E-state index contributed by atoms with van der Waals surface area (Å²) < 4.78 is 4.69. The van der Waals surface area contributed by atoms with Crippen molar-refractivity contribution in [1.82, 2.24) is 0 Å². The molecule has 106 valence electrons. The highest BCUT2D eigenvalue weighted by atomic mass is 16.6. The molecular weight excluding hydrogens is 264 g/mol. The minimum absolute atomic E-state index is 0.00524. The number of aliphatic hydroxyl groups is 3. The van der Waals surface area contributed by atoms with Gasteiger partial charge >= 0.3 is 0 Å². The summed E-state index contributed by atoms with van der Waals surface area (Å²) in [5.74, 6) is -3.48. The Kier molecular flexibility index (Phi) is 3.63. The van der Waals surface area contributed by atoms with Crippen molar-refractivity contribution in [2.24, 2.45) is 0 Å². The molecule has 0 bridgehead atoms. The number of hydrogen-bond acceptors (Lipinski definition) is 6. The maximum atomic E-state index is 12.2. The average Bonchev–Trinajstić information content (AvgIpc) is 2.45. The number of hydrogen-bond donors (Lipinski definition) is 4. The number of methoxy groups -OCH3 is 1. The second kappa shape index (κ2) is 5.09. The van der Waals surface area contributed by atoms with Crippen molar-refractivity contribution in [3.8, 4) is 5.75 Å². The van der Waals surface area contributed by atoms with Crippen LogP contribution in [0.1, 0.15) is 10.4 Å². The summed E-state index contributed by atoms with van der Waals surface area (Å²) in [5, 5.41) is 38.8. The van der Waals surface area contributed by atoms with Crippen LogP contribution in [0.4, 0.5) is 0 Å². The molecule has 0 aromatic heterocycles. The quantitative estimate of drug-likeness (QED) is 0.478. The molecule has 20 heavy (non-hydrogen) atoms. The topological polar surface area (TPSA) is 107 Å². The number of benzene rings is 1. The first-order chi connectivity index (χ1) is 9.40. The maximum absolute atomic E-state index is 12.2. The number of carbonyl (C=O) groups excluding carboxylic acids is 1. The smallest absolute Gasteiger partial charge is 0.256 e. The molecule has 0 amide bonds. The Labute approximate surface area is 114 Å². The highest BCUT2D eigenvalue weighted by molar-refractivity contribution is 6.10. The lowest BCUT2D eigenvalue weighted by atomic mass is 9.89. The molecule has 0 radical (unpaired) electrons. The highest BCUT2D eigenvalue weighted by Crippen LogP contribution is 2.31. The molecule has 0 aliphatic heterocycles. The van der Waals surface area contributed by atoms with Gasteiger partial charge in [0.25, 0.3) is 5.79 Å². The number of phenolic OH excluding ortho intramolecular Hbond substituents is 1. The Morgan fingerprint density at radius 3 is 2.35 bits per heavy atom. The van der Waals surface area contributed by atoms with Crippen LogP contribution in [0.25, 0.3) is 0 Å². The molecule has 0 saturated heterocycles. The van der Waals surface area contributed by atoms with Gasteiger partial charge in [0.1, 0.15) is 11.9 Å². The lowest BCUT2D eigenvalue weighted by molar-refractivity contribution is -0.223. The van der Waals surface area contributed by atoms with Crippen molar-refractivity contribution < 1.29 is 30.0 Å². The van der Waals surface area contributed by atoms with E-state index in [4.69, 9.17) is 4.74 Å². The van der Waals surface area contributed by atoms with Crippen LogP contribution < -0.4 is 0 Å². The summed E-state index contributed by atoms with van der Waals surface area (Å²) in [7, 11) is 1.10. The molecule has 2 rings (SSSR count). The normalized spacial score (nSPS) is 25.9. The number of aromatic hydroxyl groups is 1. The maximum Gasteiger partial charge on any atom is 0.256 e. The minimum atomic E-state index is -2.35. The first-order valence-electron chi connectivity index (χ1n) is 5.80. The van der Waals surface area contributed by atoms with Crippen molar-refractivity contribution >= 4 is 5.78 Å². The van der Waals surface area contributed by atoms with Crippen LogP contribution >= 0.6 is 0 Å². The third kappa shape index (κ3) is 2.20. The Balaban J connectivity index is 2.38. The summed E-state index contributed by atoms with van der Waals surface area (Å²) in [6, 6.07) is 5.43. The van der Waals surface area contributed by atoms with E-state index in [0.717, 1.165) is 13.2 Å². The molecule has 6 heteroatoms. The largest absolute Gasteiger partial charge is 0.508 e. The van der Waals surface area contributed by atoms with Gasteiger partial charge in [0.15, 0.2) is 11.5 Å². The number of aliphatic hydroxyl groups excluding tert-OH is 2. The number of ketones is 1. The van der Waals surface area contributed by atoms with E-state index >= 15 is 0 Å². The van der Waals surface area contributed by atoms with E-state index in [9.17, 15) is 25.2 Å². The predicted octanol–water partition coefficient (Wildman–Crippen LogP) is 0.653. The van der Waals surface area contributed by atoms with Crippen LogP contribution in [-0.4, -0.2) is 45.2 Å². The van der Waals surface area contributed by atoms with Gasteiger partial charge in [0.05, 0.1) is 0 Å². The number of carbonyl (C=O) groups is 1. The fraction of sp³-hybridized carbons (Fsp3) is 0.214. The van der Waals surface area contributed by atoms with Gasteiger partial charge in [-0.2, -0.15) is 0 Å². The Bertz CT molecular complexity index is 586. The predicted molar refractivity (Wildman–Crippen MR) is 69.2 cm³/mol. The van der Waals surface area contributed by atoms with Crippen molar-refractivity contribution in [2.75, 3.05) is 7.11 Å². The van der Waals surface area contributed by atoms with Crippen LogP contribution in [0.15, 0.2) is 47.7 Å². The molecular formula is C14H14O6. The third-order valence-electron chi connectivity index (χ3n) is 3.16. The van der Waals surface area contributed by atoms with E-state index in [1.54, 1.807) is 0 Å². The summed E-state index contributed by atoms with van der Waals surface area (Å²) in [6.45, 7) is 0. The van der Waals surface area contributed by atoms with E-state index in [0.29, 0.717) is 0 Å². The lowest BCUT2D eigenvalue weighted by Gasteiger charge is -2.33. The zero-order valence-electron chi connectivity index (χ0n) is 10.6. The van der Waals surface area contributed by atoms with Gasteiger partial charge in [-0.3, -0.25) is 4.79 Å². The monoisotopic (exact) mass is 278 g/mol. The lowest BCUT2D eigenvalue weighted by Crippen LogP contribution is -2.49. The first kappa shape index (κ1) is 14.3. The molecule has 0 heterocycles. The number of phenols is 1. The average molecular weight is 278 g/mol. The zero-order valence-corrected chi connectivity index (χ0v) is 10.6. The van der Waals surface area contributed by atoms with Crippen LogP contribution in [0.3, 0.4) is 0 Å². The fourth-order valence-electron chi connectivity index (χ4n) is 1.93. The van der Waals surface area contributed by atoms with E-state index in [1.807, 2.05) is 0 Å². The van der Waals surface area contributed by atoms with Gasteiger partial charge in [-0.1, -0.05) is 0 Å². The summed E-state index contributed by atoms with van der Waals surface area (Å²) >= 11 is 0. The molecule has 1 aromatic carbocycles. The molecule has 0 fully saturated rings. The van der Waals surface area contributed by atoms with Gasteiger partial charge in [-0.05, 0) is 36.4 Å². The third-order valence-corrected chi connectivity index (χ3v) is 3.16. The van der Waals surface area contributed by atoms with Crippen LogP contribution in [0, 0.1) is 0 Å². The second-order valence-corrected chi connectivity index (χ2v) is 4.35. The number of rotatable bonds is 3. The summed E-state index contributed by atoms with van der Waals surface area (Å²) in [5.41, 5.74) is 0.0965. The summed E-state index contributed by atoms with van der Waals surface area (Å²) in [4.78, 5) is 12.2. The molecule has 2 unspecified atom stereocenters. The minimum Gasteiger partial charge on any atom is -0.508 e. The van der Waals surface area contributed by atoms with Crippen LogP contribution in [0.5, 0.6) is 5.75 Å². The van der Waals surface area contributed by atoms with Gasteiger partial charge in [0, 0.05) is 18.2 Å². The molecule has 6 nitrogen and oxygen atoms in total. The van der Waals surface area contributed by atoms with Crippen molar-refractivity contribution in [3.63, 3.8) is 0 Å². The van der Waals surface area contributed by atoms with E-state index < -0.39 is 23.4 Å². The van der Waals surface area contributed by atoms with Crippen LogP contribution in [0.2, 0.25) is 0 Å². The standard InChI is InChI=1S/C14H14O6/c1-20-14(19)11(16)7-6-10(13(14)18)12(17)8-2-4-9(15)5-3-8/h2-7,13,15-16,18-19H,1H3. The van der Waals surface area contributed by atoms with E-state index in [2.05, 4.69) is 0 Å². The van der Waals surface area contributed by atoms with Crippen molar-refractivity contribution in [1.29, 1.82) is 0 Å². The summed E-state index contributed by atoms with van der Waals surface area (Å²) in [6.07, 6.45) is 0.575. The van der Waals surface area contributed by atoms with Gasteiger partial charge in [-0.15, -0.1) is 0 Å². The molecule has 1 aromatic rings. The number of ether oxygens (including phenoxy) is 1. The van der Waals surface area contributed by atoms with Crippen LogP contribution in [-0.2, 0) is 4.74 Å². The second-order valence-electron chi connectivity index (χ2n) is 4.35. The molecule has 2 atom stereocenters. The molecule has 0 spiro atoms. The molecule has 1 aliphatic carbocycles. The first-order valence-corrected chi connectivity index (χ1v) is 5.80. The Morgan fingerprint density at radius 1 is 1.20 bits per heavy atom. The number of allylic oxidation sites excluding steroid dienone is 2. The number of Topliss-reactive ketones (excluding diaryl/α,β-unsaturated/α-hetero) is 1. The van der Waals surface area contributed by atoms with E-state index in [-0.39, 0.29) is 16.9 Å². The zero-order chi connectivity index (χ0) is 14.9. The molecule has 4 N–H and O–H groups in total. The highest BCUT2D eigenvalue weighted by Gasteiger charge is 2.46. The van der Waals surface area contributed by atoms with Gasteiger partial charge in [0.2, 0.25) is 0 Å². The Morgan fingerprint density at radius 2 is 1.80 bits per heavy atom. The SMILES string of the molecule is COC1(O)C(O)=CC=C(C(=O)c2ccc(O)cc2)C1O. The fourth-order valence-corrected chi connectivity index (χ4v) is 1.93. The molecule has 1 aliphatic rings. The van der Waals surface area contributed by atoms with Crippen molar-refractivity contribution in [2.45, 2.75) is 11.9 Å². The van der Waals surface area contributed by atoms with Gasteiger partial charge in [-0.25, -0.2) is 0 Å². The molecule has 0 saturated carbocycles. The van der Waals surface area contributed by atoms with E-state index in [1.165, 1.54) is 30.3 Å². The Hall–Kier alpha value is -2.15. The van der Waals surface area contributed by atoms with Crippen molar-refractivity contribution in [3.05, 3.63) is 53.3 Å². The van der Waals surface area contributed by atoms with Gasteiger partial charge < -0.3 is 25.2 Å².